The number of sulfonamides is 1. The lowest BCUT2D eigenvalue weighted by molar-refractivity contribution is -0.139. The van der Waals surface area contributed by atoms with Crippen LogP contribution in [0.3, 0.4) is 0 Å². The number of hydrogen-bond donors (Lipinski definition) is 1. The first-order valence-electron chi connectivity index (χ1n) is 10.9. The van der Waals surface area contributed by atoms with E-state index in [-0.39, 0.29) is 34.2 Å². The lowest BCUT2D eigenvalue weighted by Crippen LogP contribution is -2.52. The van der Waals surface area contributed by atoms with Crippen molar-refractivity contribution in [2.24, 2.45) is 0 Å². The minimum Gasteiger partial charge on any atom is -0.352 e. The van der Waals surface area contributed by atoms with Crippen LogP contribution in [0.2, 0.25) is 10.0 Å². The van der Waals surface area contributed by atoms with Crippen molar-refractivity contribution in [1.29, 1.82) is 0 Å². The number of benzene rings is 2. The highest BCUT2D eigenvalue weighted by molar-refractivity contribution is 7.92. The monoisotopic (exact) mass is 527 g/mol. The van der Waals surface area contributed by atoms with Gasteiger partial charge in [0.05, 0.1) is 22.0 Å². The zero-order chi connectivity index (χ0) is 25.6. The van der Waals surface area contributed by atoms with Crippen molar-refractivity contribution in [1.82, 2.24) is 10.2 Å². The Bertz CT molecular complexity index is 1120. The SMILES string of the molecule is CC[C@H](C)NC(=O)[C@H](C)N(Cc1ccc(C)cc1)C(=O)CN(c1cccc(Cl)c1Cl)S(C)(=O)=O. The summed E-state index contributed by atoms with van der Waals surface area (Å²) in [5.41, 5.74) is 1.97. The fraction of sp³-hybridized carbons (Fsp3) is 0.417. The van der Waals surface area contributed by atoms with Gasteiger partial charge in [-0.2, -0.15) is 0 Å². The number of amides is 2. The first-order valence-corrected chi connectivity index (χ1v) is 13.5. The molecule has 0 spiro atoms. The normalized spacial score (nSPS) is 13.1. The minimum absolute atomic E-state index is 0.0232. The number of carbonyl (C=O) groups is 2. The molecule has 0 bridgehead atoms. The average Bonchev–Trinajstić information content (AvgIpc) is 2.77. The number of rotatable bonds is 10. The second-order valence-corrected chi connectivity index (χ2v) is 11.0. The van der Waals surface area contributed by atoms with E-state index in [0.29, 0.717) is 0 Å². The standard InChI is InChI=1S/C24H31Cl2N3O4S/c1-6-17(3)27-24(31)18(4)28(14-19-12-10-16(2)11-13-19)22(30)15-29(34(5,32)33)21-9-7-8-20(25)23(21)26/h7-13,17-18H,6,14-15H2,1-5H3,(H,27,31)/t17-,18-/m0/s1. The Morgan fingerprint density at radius 2 is 1.68 bits per heavy atom. The highest BCUT2D eigenvalue weighted by Crippen LogP contribution is 2.33. The van der Waals surface area contributed by atoms with Crippen molar-refractivity contribution >= 4 is 50.7 Å². The van der Waals surface area contributed by atoms with Crippen molar-refractivity contribution in [3.05, 3.63) is 63.6 Å². The van der Waals surface area contributed by atoms with E-state index in [1.54, 1.807) is 13.0 Å². The molecule has 0 fully saturated rings. The van der Waals surface area contributed by atoms with Gasteiger partial charge in [-0.05, 0) is 44.9 Å². The first kappa shape index (κ1) is 28.0. The van der Waals surface area contributed by atoms with Gasteiger partial charge in [-0.25, -0.2) is 8.42 Å². The van der Waals surface area contributed by atoms with Crippen LogP contribution < -0.4 is 9.62 Å². The molecule has 0 saturated carbocycles. The molecule has 0 unspecified atom stereocenters. The molecular weight excluding hydrogens is 497 g/mol. The van der Waals surface area contributed by atoms with E-state index < -0.39 is 28.5 Å². The molecule has 0 heterocycles. The lowest BCUT2D eigenvalue weighted by atomic mass is 10.1. The van der Waals surface area contributed by atoms with Gasteiger partial charge in [-0.15, -0.1) is 0 Å². The van der Waals surface area contributed by atoms with E-state index in [9.17, 15) is 18.0 Å². The van der Waals surface area contributed by atoms with Gasteiger partial charge in [0.1, 0.15) is 12.6 Å². The summed E-state index contributed by atoms with van der Waals surface area (Å²) in [7, 11) is -3.89. The summed E-state index contributed by atoms with van der Waals surface area (Å²) < 4.78 is 26.1. The summed E-state index contributed by atoms with van der Waals surface area (Å²) in [4.78, 5) is 27.8. The maximum absolute atomic E-state index is 13.5. The van der Waals surface area contributed by atoms with Gasteiger partial charge in [0.25, 0.3) is 0 Å². The molecule has 0 aliphatic carbocycles. The topological polar surface area (TPSA) is 86.8 Å². The summed E-state index contributed by atoms with van der Waals surface area (Å²) in [6, 6.07) is 11.2. The minimum atomic E-state index is -3.89. The Morgan fingerprint density at radius 3 is 2.24 bits per heavy atom. The Balaban J connectivity index is 2.42. The molecule has 34 heavy (non-hydrogen) atoms. The van der Waals surface area contributed by atoms with Gasteiger partial charge in [-0.1, -0.05) is 66.0 Å². The second-order valence-electron chi connectivity index (χ2n) is 8.34. The van der Waals surface area contributed by atoms with Crippen molar-refractivity contribution < 1.29 is 18.0 Å². The zero-order valence-electron chi connectivity index (χ0n) is 20.0. The van der Waals surface area contributed by atoms with Gasteiger partial charge in [0.2, 0.25) is 21.8 Å². The van der Waals surface area contributed by atoms with Crippen LogP contribution in [0.4, 0.5) is 5.69 Å². The van der Waals surface area contributed by atoms with Crippen molar-refractivity contribution in [3.8, 4) is 0 Å². The van der Waals surface area contributed by atoms with Crippen LogP contribution in [0, 0.1) is 6.92 Å². The number of carbonyl (C=O) groups excluding carboxylic acids is 2. The first-order chi connectivity index (χ1) is 15.8. The van der Waals surface area contributed by atoms with Crippen LogP contribution in [0.5, 0.6) is 0 Å². The second kappa shape index (κ2) is 11.9. The molecule has 1 N–H and O–H groups in total. The highest BCUT2D eigenvalue weighted by atomic mass is 35.5. The van der Waals surface area contributed by atoms with Crippen LogP contribution in [0.15, 0.2) is 42.5 Å². The van der Waals surface area contributed by atoms with Crippen LogP contribution in [-0.4, -0.2) is 50.0 Å². The maximum Gasteiger partial charge on any atom is 0.244 e. The third kappa shape index (κ3) is 7.35. The molecule has 186 valence electrons. The number of anilines is 1. The summed E-state index contributed by atoms with van der Waals surface area (Å²) in [5.74, 6) is -0.865. The van der Waals surface area contributed by atoms with E-state index in [1.165, 1.54) is 17.0 Å². The Morgan fingerprint density at radius 1 is 1.06 bits per heavy atom. The van der Waals surface area contributed by atoms with E-state index in [2.05, 4.69) is 5.32 Å². The van der Waals surface area contributed by atoms with Crippen molar-refractivity contribution in [2.45, 2.75) is 52.7 Å². The smallest absolute Gasteiger partial charge is 0.244 e. The van der Waals surface area contributed by atoms with Crippen molar-refractivity contribution in [2.75, 3.05) is 17.1 Å². The van der Waals surface area contributed by atoms with Crippen LogP contribution in [0.1, 0.15) is 38.3 Å². The van der Waals surface area contributed by atoms with Gasteiger partial charge in [0.15, 0.2) is 0 Å². The van der Waals surface area contributed by atoms with E-state index in [1.807, 2.05) is 45.0 Å². The molecule has 0 saturated heterocycles. The van der Waals surface area contributed by atoms with Crippen LogP contribution in [-0.2, 0) is 26.2 Å². The summed E-state index contributed by atoms with van der Waals surface area (Å²) in [5, 5.41) is 3.08. The molecule has 10 heteroatoms. The summed E-state index contributed by atoms with van der Waals surface area (Å²) in [6.45, 7) is 7.00. The largest absolute Gasteiger partial charge is 0.352 e. The molecule has 0 aromatic heterocycles. The predicted octanol–water partition coefficient (Wildman–Crippen LogP) is 4.40. The molecule has 2 aromatic rings. The molecule has 2 amide bonds. The number of aryl methyl sites for hydroxylation is 1. The Kier molecular flexibility index (Phi) is 9.79. The number of nitrogens with one attached hydrogen (secondary N) is 1. The Labute approximate surface area is 212 Å². The number of nitrogens with zero attached hydrogens (tertiary/aromatic N) is 2. The van der Waals surface area contributed by atoms with E-state index >= 15 is 0 Å². The quantitative estimate of drug-likeness (QED) is 0.495. The van der Waals surface area contributed by atoms with E-state index in [4.69, 9.17) is 23.2 Å². The highest BCUT2D eigenvalue weighted by Gasteiger charge is 2.31. The number of hydrogen-bond acceptors (Lipinski definition) is 4. The third-order valence-electron chi connectivity index (χ3n) is 5.52. The molecule has 0 aliphatic heterocycles. The lowest BCUT2D eigenvalue weighted by Gasteiger charge is -2.32. The van der Waals surface area contributed by atoms with Crippen molar-refractivity contribution in [3.63, 3.8) is 0 Å². The fourth-order valence-electron chi connectivity index (χ4n) is 3.22. The maximum atomic E-state index is 13.5. The molecule has 0 aliphatic rings. The van der Waals surface area contributed by atoms with Gasteiger partial charge < -0.3 is 10.2 Å². The summed E-state index contributed by atoms with van der Waals surface area (Å²) in [6.07, 6.45) is 1.72. The van der Waals surface area contributed by atoms with Gasteiger partial charge in [0, 0.05) is 12.6 Å². The fourth-order valence-corrected chi connectivity index (χ4v) is 4.52. The van der Waals surface area contributed by atoms with Gasteiger partial charge in [-0.3, -0.25) is 13.9 Å². The number of halogens is 2. The van der Waals surface area contributed by atoms with Crippen LogP contribution in [0.25, 0.3) is 0 Å². The molecular formula is C24H31Cl2N3O4S. The molecule has 2 atom stereocenters. The zero-order valence-corrected chi connectivity index (χ0v) is 22.3. The molecule has 2 aromatic carbocycles. The molecule has 7 nitrogen and oxygen atoms in total. The average molecular weight is 529 g/mol. The predicted molar refractivity (Wildman–Crippen MR) is 138 cm³/mol. The van der Waals surface area contributed by atoms with Crippen LogP contribution >= 0.6 is 23.2 Å². The van der Waals surface area contributed by atoms with E-state index in [0.717, 1.165) is 28.1 Å². The third-order valence-corrected chi connectivity index (χ3v) is 7.46. The van der Waals surface area contributed by atoms with Gasteiger partial charge >= 0.3 is 0 Å². The Hall–Kier alpha value is -2.29. The molecule has 0 radical (unpaired) electrons. The summed E-state index contributed by atoms with van der Waals surface area (Å²) >= 11 is 12.3. The molecule has 2 rings (SSSR count).